The summed E-state index contributed by atoms with van der Waals surface area (Å²) in [6, 6.07) is 11.9. The van der Waals surface area contributed by atoms with Crippen LogP contribution in [0.5, 0.6) is 11.5 Å². The highest BCUT2D eigenvalue weighted by Crippen LogP contribution is 2.48. The van der Waals surface area contributed by atoms with E-state index in [1.54, 1.807) is 18.9 Å². The highest BCUT2D eigenvalue weighted by Gasteiger charge is 2.63. The molecule has 4 aromatic rings. The number of sulfonamides is 1. The van der Waals surface area contributed by atoms with E-state index in [-0.39, 0.29) is 31.2 Å². The van der Waals surface area contributed by atoms with Gasteiger partial charge in [-0.25, -0.2) is 18.4 Å². The molecule has 0 radical (unpaired) electrons. The van der Waals surface area contributed by atoms with Crippen molar-refractivity contribution in [2.45, 2.75) is 127 Å². The summed E-state index contributed by atoms with van der Waals surface area (Å²) in [5.41, 5.74) is 3.49. The number of hydrogen-bond donors (Lipinski definition) is 3. The Morgan fingerprint density at radius 1 is 1.05 bits per heavy atom. The van der Waals surface area contributed by atoms with Crippen molar-refractivity contribution in [1.29, 1.82) is 0 Å². The molecule has 2 aliphatic heterocycles. The van der Waals surface area contributed by atoms with E-state index in [9.17, 15) is 22.8 Å². The van der Waals surface area contributed by atoms with E-state index in [2.05, 4.69) is 29.2 Å². The molecule has 3 N–H and O–H groups in total. The van der Waals surface area contributed by atoms with Crippen molar-refractivity contribution in [1.82, 2.24) is 24.9 Å². The van der Waals surface area contributed by atoms with Gasteiger partial charge in [-0.3, -0.25) is 19.1 Å². The molecule has 4 heterocycles. The van der Waals surface area contributed by atoms with Crippen molar-refractivity contribution < 1.29 is 32.3 Å². The molecule has 0 bridgehead atoms. The van der Waals surface area contributed by atoms with Gasteiger partial charge in [-0.05, 0) is 95.0 Å². The maximum atomic E-state index is 15.0. The first-order valence-electron chi connectivity index (χ1n) is 21.4. The minimum atomic E-state index is -3.98. The predicted octanol–water partition coefficient (Wildman–Crippen LogP) is 7.33. The van der Waals surface area contributed by atoms with Crippen LogP contribution in [0.4, 0.5) is 5.69 Å². The van der Waals surface area contributed by atoms with Crippen LogP contribution in [-0.2, 0) is 24.4 Å². The van der Waals surface area contributed by atoms with E-state index in [1.165, 1.54) is 11.3 Å². The lowest BCUT2D eigenvalue weighted by Gasteiger charge is -2.30. The topological polar surface area (TPSA) is 169 Å². The summed E-state index contributed by atoms with van der Waals surface area (Å²) in [7, 11) is -2.36. The summed E-state index contributed by atoms with van der Waals surface area (Å²) in [4.78, 5) is 55.3. The molecule has 2 aromatic heterocycles. The van der Waals surface area contributed by atoms with E-state index in [0.717, 1.165) is 58.6 Å². The Balaban J connectivity index is 1.15. The highest BCUT2D eigenvalue weighted by molar-refractivity contribution is 7.91. The van der Waals surface area contributed by atoms with E-state index < -0.39 is 56.2 Å². The number of nitrogens with one attached hydrogen (secondary N) is 3. The molecule has 8 rings (SSSR count). The van der Waals surface area contributed by atoms with Crippen molar-refractivity contribution in [3.05, 3.63) is 76.8 Å². The average molecular weight is 869 g/mol. The predicted molar refractivity (Wildman–Crippen MR) is 237 cm³/mol. The number of hydrogen-bond acceptors (Lipinski definition) is 11. The zero-order chi connectivity index (χ0) is 43.3. The number of aromatic nitrogens is 2. The molecule has 13 nitrogen and oxygen atoms in total. The second-order valence-electron chi connectivity index (χ2n) is 17.8. The quantitative estimate of drug-likeness (QED) is 0.137. The third kappa shape index (κ3) is 8.60. The average Bonchev–Trinajstić information content (AvgIpc) is 3.99. The fourth-order valence-electron chi connectivity index (χ4n) is 8.54. The second-order valence-corrected chi connectivity index (χ2v) is 20.9. The third-order valence-electron chi connectivity index (χ3n) is 12.8. The van der Waals surface area contributed by atoms with Gasteiger partial charge < -0.3 is 25.0 Å². The van der Waals surface area contributed by atoms with Crippen molar-refractivity contribution in [2.24, 2.45) is 5.92 Å². The third-order valence-corrected chi connectivity index (χ3v) is 15.9. The number of benzene rings is 2. The number of carbonyl (C=O) groups is 3. The Bertz CT molecular complexity index is 2500. The first-order chi connectivity index (χ1) is 29.1. The second kappa shape index (κ2) is 16.7. The molecule has 2 aliphatic carbocycles. The Morgan fingerprint density at radius 2 is 1.85 bits per heavy atom. The van der Waals surface area contributed by atoms with Gasteiger partial charge in [-0.1, -0.05) is 51.0 Å². The highest BCUT2D eigenvalue weighted by atomic mass is 32.2. The number of rotatable bonds is 10. The molecule has 1 unspecified atom stereocenters. The van der Waals surface area contributed by atoms with E-state index >= 15 is 0 Å². The SMILES string of the molecule is COc1ccc2c(O[C@@H]3C[C@H]4C(=O)N[C@]5(C(=O)NS(=O)(=O)C6(C)CC6)CC5/C=C\CCCCC[C@H](Nc5cccc(C)c5)C(=O)N4C3)cc(-c3nc(C(C)C)cs3)nc2c1C. The normalized spacial score (nSPS) is 25.7. The Morgan fingerprint density at radius 3 is 2.57 bits per heavy atom. The monoisotopic (exact) mass is 868 g/mol. The van der Waals surface area contributed by atoms with Crippen LogP contribution in [-0.4, -0.2) is 83.1 Å². The van der Waals surface area contributed by atoms with Crippen LogP contribution < -0.4 is 24.8 Å². The number of methoxy groups -OCH3 is 1. The number of ether oxygens (including phenoxy) is 2. The molecule has 2 saturated carbocycles. The van der Waals surface area contributed by atoms with Gasteiger partial charge in [-0.2, -0.15) is 0 Å². The van der Waals surface area contributed by atoms with Crippen LogP contribution >= 0.6 is 11.3 Å². The molecular weight excluding hydrogens is 813 g/mol. The number of thiazole rings is 1. The van der Waals surface area contributed by atoms with Crippen molar-refractivity contribution in [3.63, 3.8) is 0 Å². The lowest BCUT2D eigenvalue weighted by atomic mass is 10.0. The smallest absolute Gasteiger partial charge is 0.259 e. The number of amides is 3. The number of carbonyl (C=O) groups excluding carboxylic acids is 3. The van der Waals surface area contributed by atoms with Crippen LogP contribution in [0.15, 0.2) is 60.0 Å². The Labute approximate surface area is 362 Å². The summed E-state index contributed by atoms with van der Waals surface area (Å²) in [5.74, 6) is -0.491. The Kier molecular flexibility index (Phi) is 11.7. The van der Waals surface area contributed by atoms with Gasteiger partial charge in [0.25, 0.3) is 5.91 Å². The molecule has 3 fully saturated rings. The number of pyridine rings is 1. The van der Waals surface area contributed by atoms with Gasteiger partial charge in [0.2, 0.25) is 21.8 Å². The maximum absolute atomic E-state index is 15.0. The minimum absolute atomic E-state index is 0.0984. The van der Waals surface area contributed by atoms with Gasteiger partial charge in [0.05, 0.1) is 29.6 Å². The number of anilines is 1. The van der Waals surface area contributed by atoms with Crippen molar-refractivity contribution in [2.75, 3.05) is 19.0 Å². The zero-order valence-electron chi connectivity index (χ0n) is 35.7. The van der Waals surface area contributed by atoms with Crippen molar-refractivity contribution >= 4 is 55.7 Å². The summed E-state index contributed by atoms with van der Waals surface area (Å²) in [6.07, 6.45) is 8.45. The molecule has 61 heavy (non-hydrogen) atoms. The standard InChI is InChI=1S/C46H56N6O7S2/c1-27(2)36-26-60-42(49-36)35-23-39(33-17-18-38(58-6)29(4)40(33)48-35)59-32-22-37-41(53)50-46(44(55)51-61(56,57)45(5)19-20-45)24-30(46)14-10-8-7-9-11-16-34(43(54)52(37)25-32)47-31-15-12-13-28(3)21-31/h10,12-15,17-18,21,23,26-27,30,32,34,37,47H,7-9,11,16,19-20,22,24-25H2,1-6H3,(H,50,53)(H,51,55)/b14-10-/t30?,32-,34+,37+,46-/m1/s1. The first kappa shape index (κ1) is 42.7. The van der Waals surface area contributed by atoms with Crippen LogP contribution in [0, 0.1) is 19.8 Å². The van der Waals surface area contributed by atoms with Gasteiger partial charge in [0.15, 0.2) is 0 Å². The van der Waals surface area contributed by atoms with Gasteiger partial charge in [0, 0.05) is 40.4 Å². The molecule has 324 valence electrons. The summed E-state index contributed by atoms with van der Waals surface area (Å²) in [5, 5.41) is 10.0. The molecule has 2 aromatic carbocycles. The maximum Gasteiger partial charge on any atom is 0.259 e. The molecule has 4 aliphatic rings. The summed E-state index contributed by atoms with van der Waals surface area (Å²) < 4.78 is 40.5. The van der Waals surface area contributed by atoms with Gasteiger partial charge >= 0.3 is 0 Å². The molecule has 15 heteroatoms. The van der Waals surface area contributed by atoms with E-state index in [1.807, 2.05) is 73.8 Å². The fraction of sp³-hybridized carbons (Fsp3) is 0.500. The summed E-state index contributed by atoms with van der Waals surface area (Å²) >= 11 is 1.51. The molecule has 5 atom stereocenters. The molecule has 1 saturated heterocycles. The minimum Gasteiger partial charge on any atom is -0.496 e. The largest absolute Gasteiger partial charge is 0.496 e. The van der Waals surface area contributed by atoms with Crippen LogP contribution in [0.25, 0.3) is 21.6 Å². The molecule has 3 amide bonds. The van der Waals surface area contributed by atoms with Crippen molar-refractivity contribution in [3.8, 4) is 22.2 Å². The number of nitrogens with zero attached hydrogens (tertiary/aromatic N) is 3. The van der Waals surface area contributed by atoms with Crippen LogP contribution in [0.1, 0.15) is 101 Å². The van der Waals surface area contributed by atoms with E-state index in [0.29, 0.717) is 42.0 Å². The van der Waals surface area contributed by atoms with Gasteiger partial charge in [0.1, 0.15) is 45.9 Å². The van der Waals surface area contributed by atoms with E-state index in [4.69, 9.17) is 19.4 Å². The van der Waals surface area contributed by atoms with Crippen LogP contribution in [0.3, 0.4) is 0 Å². The lowest BCUT2D eigenvalue weighted by molar-refractivity contribution is -0.140. The van der Waals surface area contributed by atoms with Crippen LogP contribution in [0.2, 0.25) is 0 Å². The number of fused-ring (bicyclic) bond motifs is 3. The lowest BCUT2D eigenvalue weighted by Crippen LogP contribution is -2.58. The summed E-state index contributed by atoms with van der Waals surface area (Å²) in [6.45, 7) is 9.85. The van der Waals surface area contributed by atoms with Gasteiger partial charge in [-0.15, -0.1) is 11.3 Å². The molecular formula is C46H56N6O7S2. The zero-order valence-corrected chi connectivity index (χ0v) is 37.4. The Hall–Kier alpha value is -5.02. The fourth-order valence-corrected chi connectivity index (χ4v) is 10.8. The first-order valence-corrected chi connectivity index (χ1v) is 23.8. The number of aryl methyl sites for hydroxylation is 2. The number of allylic oxidation sites excluding steroid dienone is 1. The molecule has 0 spiro atoms.